The lowest BCUT2D eigenvalue weighted by atomic mass is 10.0. The van der Waals surface area contributed by atoms with Crippen molar-refractivity contribution in [2.75, 3.05) is 7.11 Å². The van der Waals surface area contributed by atoms with E-state index < -0.39 is 0 Å². The van der Waals surface area contributed by atoms with Gasteiger partial charge in [-0.15, -0.1) is 0 Å². The Labute approximate surface area is 125 Å². The first-order valence-corrected chi connectivity index (χ1v) is 7.54. The van der Waals surface area contributed by atoms with Gasteiger partial charge in [0.05, 0.1) is 7.11 Å². The molecule has 110 valence electrons. The number of hydrogen-bond donors (Lipinski definition) is 0. The van der Waals surface area contributed by atoms with Gasteiger partial charge in [0, 0.05) is 29.6 Å². The molecular weight excluding hydrogens is 265 g/mol. The molecule has 0 spiro atoms. The summed E-state index contributed by atoms with van der Waals surface area (Å²) in [6.45, 7) is 0. The molecule has 0 bridgehead atoms. The van der Waals surface area contributed by atoms with Crippen molar-refractivity contribution in [3.63, 3.8) is 0 Å². The van der Waals surface area contributed by atoms with Crippen LogP contribution < -0.4 is 4.74 Å². The molecule has 0 unspecified atom stereocenters. The average molecular weight is 285 g/mol. The Morgan fingerprint density at radius 3 is 2.86 bits per heavy atom. The van der Waals surface area contributed by atoms with Crippen LogP contribution in [-0.2, 0) is 6.42 Å². The number of nitrogens with zero attached hydrogens (tertiary/aromatic N) is 1. The maximum absolute atomic E-state index is 13.3. The van der Waals surface area contributed by atoms with Gasteiger partial charge in [0.25, 0.3) is 0 Å². The van der Waals surface area contributed by atoms with Crippen molar-refractivity contribution in [3.05, 3.63) is 48.0 Å². The fourth-order valence-electron chi connectivity index (χ4n) is 2.68. The minimum Gasteiger partial charge on any atom is -0.496 e. The van der Waals surface area contributed by atoms with E-state index in [9.17, 15) is 4.39 Å². The smallest absolute Gasteiger partial charge is 0.129 e. The predicted molar refractivity (Wildman–Crippen MR) is 81.8 cm³/mol. The van der Waals surface area contributed by atoms with Gasteiger partial charge in [0.1, 0.15) is 11.6 Å². The van der Waals surface area contributed by atoms with Gasteiger partial charge >= 0.3 is 0 Å². The number of aryl methyl sites for hydroxylation is 1. The van der Waals surface area contributed by atoms with E-state index in [0.29, 0.717) is 5.75 Å². The number of aromatic nitrogens is 1. The van der Waals surface area contributed by atoms with E-state index in [2.05, 4.69) is 11.1 Å². The van der Waals surface area contributed by atoms with E-state index in [-0.39, 0.29) is 5.82 Å². The molecule has 21 heavy (non-hydrogen) atoms. The third-order valence-corrected chi connectivity index (χ3v) is 4.04. The molecular formula is C18H20FNO. The van der Waals surface area contributed by atoms with Crippen molar-refractivity contribution >= 4 is 0 Å². The Balaban J connectivity index is 1.78. The molecule has 0 atom stereocenters. The third-order valence-electron chi connectivity index (χ3n) is 4.04. The normalized spacial score (nSPS) is 14.2. The van der Waals surface area contributed by atoms with Crippen LogP contribution in [0.1, 0.15) is 31.2 Å². The van der Waals surface area contributed by atoms with Crippen LogP contribution in [0, 0.1) is 11.7 Å². The molecule has 0 radical (unpaired) electrons. The molecule has 1 fully saturated rings. The first kappa shape index (κ1) is 14.1. The molecule has 2 nitrogen and oxygen atoms in total. The number of hydrogen-bond acceptors (Lipinski definition) is 2. The van der Waals surface area contributed by atoms with Gasteiger partial charge in [0.15, 0.2) is 0 Å². The Morgan fingerprint density at radius 1 is 1.24 bits per heavy atom. The van der Waals surface area contributed by atoms with Gasteiger partial charge in [-0.2, -0.15) is 0 Å². The standard InChI is InChI=1S/C18H20FNO/c1-21-18-10-16(19)7-8-17(18)15-9-14(11-20-12-15)4-2-3-13-5-6-13/h7-13H,2-6H2,1H3. The lowest BCUT2D eigenvalue weighted by molar-refractivity contribution is 0.413. The van der Waals surface area contributed by atoms with E-state index in [4.69, 9.17) is 4.74 Å². The van der Waals surface area contributed by atoms with Crippen molar-refractivity contribution in [1.29, 1.82) is 0 Å². The van der Waals surface area contributed by atoms with Gasteiger partial charge in [0.2, 0.25) is 0 Å². The highest BCUT2D eigenvalue weighted by molar-refractivity contribution is 5.70. The second-order valence-electron chi connectivity index (χ2n) is 5.76. The van der Waals surface area contributed by atoms with E-state index >= 15 is 0 Å². The van der Waals surface area contributed by atoms with Crippen molar-refractivity contribution in [2.45, 2.75) is 32.1 Å². The summed E-state index contributed by atoms with van der Waals surface area (Å²) in [4.78, 5) is 4.32. The summed E-state index contributed by atoms with van der Waals surface area (Å²) >= 11 is 0. The average Bonchev–Trinajstić information content (AvgIpc) is 3.31. The SMILES string of the molecule is COc1cc(F)ccc1-c1cncc(CCCC2CC2)c1. The molecule has 3 rings (SSSR count). The zero-order valence-electron chi connectivity index (χ0n) is 12.3. The Hall–Kier alpha value is -1.90. The van der Waals surface area contributed by atoms with Gasteiger partial charge < -0.3 is 4.74 Å². The Kier molecular flexibility index (Phi) is 4.18. The highest BCUT2D eigenvalue weighted by atomic mass is 19.1. The summed E-state index contributed by atoms with van der Waals surface area (Å²) in [5, 5.41) is 0. The summed E-state index contributed by atoms with van der Waals surface area (Å²) < 4.78 is 18.6. The lowest BCUT2D eigenvalue weighted by Crippen LogP contribution is -1.93. The summed E-state index contributed by atoms with van der Waals surface area (Å²) in [6.07, 6.45) is 10.1. The molecule has 1 saturated carbocycles. The molecule has 1 aromatic heterocycles. The number of pyridine rings is 1. The summed E-state index contributed by atoms with van der Waals surface area (Å²) in [5.41, 5.74) is 3.10. The van der Waals surface area contributed by atoms with Crippen molar-refractivity contribution in [3.8, 4) is 16.9 Å². The zero-order valence-corrected chi connectivity index (χ0v) is 12.3. The molecule has 2 aromatic rings. The van der Waals surface area contributed by atoms with Crippen LogP contribution in [0.3, 0.4) is 0 Å². The van der Waals surface area contributed by atoms with Gasteiger partial charge in [-0.25, -0.2) is 4.39 Å². The summed E-state index contributed by atoms with van der Waals surface area (Å²) in [6, 6.07) is 6.75. The maximum atomic E-state index is 13.3. The monoisotopic (exact) mass is 285 g/mol. The predicted octanol–water partition coefficient (Wildman–Crippen LogP) is 4.63. The Morgan fingerprint density at radius 2 is 2.10 bits per heavy atom. The lowest BCUT2D eigenvalue weighted by Gasteiger charge is -2.10. The number of benzene rings is 1. The number of rotatable bonds is 6. The van der Waals surface area contributed by atoms with Crippen molar-refractivity contribution in [2.24, 2.45) is 5.92 Å². The summed E-state index contributed by atoms with van der Waals surface area (Å²) in [5.74, 6) is 1.23. The van der Waals surface area contributed by atoms with Crippen LogP contribution in [0.4, 0.5) is 4.39 Å². The minimum atomic E-state index is -0.288. The van der Waals surface area contributed by atoms with Crippen LogP contribution in [-0.4, -0.2) is 12.1 Å². The number of methoxy groups -OCH3 is 1. The van der Waals surface area contributed by atoms with Crippen LogP contribution >= 0.6 is 0 Å². The molecule has 1 aromatic carbocycles. The van der Waals surface area contributed by atoms with Gasteiger partial charge in [-0.05, 0) is 42.5 Å². The molecule has 0 saturated heterocycles. The molecule has 0 N–H and O–H groups in total. The van der Waals surface area contributed by atoms with Gasteiger partial charge in [-0.1, -0.05) is 19.3 Å². The van der Waals surface area contributed by atoms with Crippen molar-refractivity contribution < 1.29 is 9.13 Å². The number of ether oxygens (including phenoxy) is 1. The first-order valence-electron chi connectivity index (χ1n) is 7.54. The van der Waals surface area contributed by atoms with E-state index in [1.165, 1.54) is 43.4 Å². The second kappa shape index (κ2) is 6.25. The topological polar surface area (TPSA) is 22.1 Å². The van der Waals surface area contributed by atoms with Gasteiger partial charge in [-0.3, -0.25) is 4.98 Å². The second-order valence-corrected chi connectivity index (χ2v) is 5.76. The molecule has 1 aliphatic rings. The third kappa shape index (κ3) is 3.60. The Bertz CT molecular complexity index is 622. The zero-order chi connectivity index (χ0) is 14.7. The first-order chi connectivity index (χ1) is 10.3. The van der Waals surface area contributed by atoms with Crippen molar-refractivity contribution in [1.82, 2.24) is 4.98 Å². The highest BCUT2D eigenvalue weighted by Gasteiger charge is 2.20. The van der Waals surface area contributed by atoms with E-state index in [0.717, 1.165) is 23.5 Å². The largest absolute Gasteiger partial charge is 0.496 e. The molecule has 0 amide bonds. The molecule has 3 heteroatoms. The molecule has 1 heterocycles. The highest BCUT2D eigenvalue weighted by Crippen LogP contribution is 2.34. The van der Waals surface area contributed by atoms with Crippen LogP contribution in [0.5, 0.6) is 5.75 Å². The fourth-order valence-corrected chi connectivity index (χ4v) is 2.68. The summed E-state index contributed by atoms with van der Waals surface area (Å²) in [7, 11) is 1.56. The van der Waals surface area contributed by atoms with E-state index in [1.54, 1.807) is 19.4 Å². The van der Waals surface area contributed by atoms with Crippen LogP contribution in [0.15, 0.2) is 36.7 Å². The fraction of sp³-hybridized carbons (Fsp3) is 0.389. The quantitative estimate of drug-likeness (QED) is 0.772. The van der Waals surface area contributed by atoms with Crippen LogP contribution in [0.2, 0.25) is 0 Å². The molecule has 1 aliphatic carbocycles. The van der Waals surface area contributed by atoms with E-state index in [1.807, 2.05) is 6.20 Å². The van der Waals surface area contributed by atoms with Crippen LogP contribution in [0.25, 0.3) is 11.1 Å². The molecule has 0 aliphatic heterocycles. The maximum Gasteiger partial charge on any atom is 0.129 e. The number of halogens is 1. The minimum absolute atomic E-state index is 0.288.